The Bertz CT molecular complexity index is 795. The Labute approximate surface area is 139 Å². The summed E-state index contributed by atoms with van der Waals surface area (Å²) in [4.78, 5) is 12.0. The lowest BCUT2D eigenvalue weighted by Crippen LogP contribution is -2.31. The maximum Gasteiger partial charge on any atom is 0.258 e. The lowest BCUT2D eigenvalue weighted by atomic mass is 10.2. The van der Waals surface area contributed by atoms with Crippen LogP contribution in [0.5, 0.6) is 5.75 Å². The standard InChI is InChI=1S/C18H16ClNO3/c1-12(17-10-13-6-2-4-8-15(13)23-17)20-18(21)11-22-16-9-5-3-7-14(16)19/h2-10,12H,11H2,1H3,(H,20,21). The van der Waals surface area contributed by atoms with E-state index < -0.39 is 0 Å². The molecule has 2 aromatic carbocycles. The molecule has 1 atom stereocenters. The number of hydrogen-bond acceptors (Lipinski definition) is 3. The number of hydrogen-bond donors (Lipinski definition) is 1. The number of nitrogens with one attached hydrogen (secondary N) is 1. The molecule has 0 bridgehead atoms. The van der Waals surface area contributed by atoms with Gasteiger partial charge in [0.05, 0.1) is 11.1 Å². The molecule has 1 unspecified atom stereocenters. The van der Waals surface area contributed by atoms with Gasteiger partial charge >= 0.3 is 0 Å². The molecule has 5 heteroatoms. The zero-order valence-electron chi connectivity index (χ0n) is 12.6. The maximum absolute atomic E-state index is 12.0. The molecule has 0 saturated carbocycles. The fourth-order valence-electron chi connectivity index (χ4n) is 2.28. The summed E-state index contributed by atoms with van der Waals surface area (Å²) in [6.07, 6.45) is 0. The van der Waals surface area contributed by atoms with Crippen LogP contribution in [0, 0.1) is 0 Å². The van der Waals surface area contributed by atoms with Crippen LogP contribution in [-0.2, 0) is 4.79 Å². The summed E-state index contributed by atoms with van der Waals surface area (Å²) in [5, 5.41) is 4.33. The Morgan fingerprint density at radius 1 is 1.22 bits per heavy atom. The van der Waals surface area contributed by atoms with E-state index in [4.69, 9.17) is 20.8 Å². The Morgan fingerprint density at radius 2 is 1.96 bits per heavy atom. The molecule has 0 radical (unpaired) electrons. The first-order valence-electron chi connectivity index (χ1n) is 7.28. The summed E-state index contributed by atoms with van der Waals surface area (Å²) in [5.74, 6) is 0.955. The third kappa shape index (κ3) is 3.66. The SMILES string of the molecule is CC(NC(=O)COc1ccccc1Cl)c1cc2ccccc2o1. The van der Waals surface area contributed by atoms with Crippen LogP contribution in [0.4, 0.5) is 0 Å². The van der Waals surface area contributed by atoms with Gasteiger partial charge in [0.2, 0.25) is 0 Å². The molecule has 1 aromatic heterocycles. The molecule has 0 saturated heterocycles. The summed E-state index contributed by atoms with van der Waals surface area (Å²) < 4.78 is 11.2. The van der Waals surface area contributed by atoms with Gasteiger partial charge in [-0.05, 0) is 31.2 Å². The molecule has 0 aliphatic rings. The first kappa shape index (κ1) is 15.4. The van der Waals surface area contributed by atoms with Crippen molar-refractivity contribution in [3.05, 3.63) is 65.4 Å². The highest BCUT2D eigenvalue weighted by Gasteiger charge is 2.14. The summed E-state index contributed by atoms with van der Waals surface area (Å²) in [5.41, 5.74) is 0.802. The van der Waals surface area contributed by atoms with Gasteiger partial charge < -0.3 is 14.5 Å². The number of amides is 1. The fraction of sp³-hybridized carbons (Fsp3) is 0.167. The summed E-state index contributed by atoms with van der Waals surface area (Å²) in [6.45, 7) is 1.76. The highest BCUT2D eigenvalue weighted by atomic mass is 35.5. The molecular weight excluding hydrogens is 314 g/mol. The van der Waals surface area contributed by atoms with Gasteiger partial charge in [-0.25, -0.2) is 0 Å². The van der Waals surface area contributed by atoms with E-state index in [-0.39, 0.29) is 18.6 Å². The summed E-state index contributed by atoms with van der Waals surface area (Å²) in [7, 11) is 0. The van der Waals surface area contributed by atoms with Crippen LogP contribution in [0.15, 0.2) is 59.0 Å². The Morgan fingerprint density at radius 3 is 2.74 bits per heavy atom. The van der Waals surface area contributed by atoms with Crippen LogP contribution >= 0.6 is 11.6 Å². The van der Waals surface area contributed by atoms with Crippen LogP contribution in [-0.4, -0.2) is 12.5 Å². The van der Waals surface area contributed by atoms with Gasteiger partial charge in [0.15, 0.2) is 6.61 Å². The number of ether oxygens (including phenoxy) is 1. The topological polar surface area (TPSA) is 51.5 Å². The van der Waals surface area contributed by atoms with Crippen molar-refractivity contribution in [2.75, 3.05) is 6.61 Å². The minimum atomic E-state index is -0.246. The Balaban J connectivity index is 1.60. The van der Waals surface area contributed by atoms with Crippen LogP contribution in [0.1, 0.15) is 18.7 Å². The van der Waals surface area contributed by atoms with Crippen molar-refractivity contribution in [1.29, 1.82) is 0 Å². The lowest BCUT2D eigenvalue weighted by molar-refractivity contribution is -0.123. The van der Waals surface area contributed by atoms with Gasteiger partial charge in [-0.15, -0.1) is 0 Å². The van der Waals surface area contributed by atoms with Crippen molar-refractivity contribution in [2.24, 2.45) is 0 Å². The minimum Gasteiger partial charge on any atom is -0.482 e. The van der Waals surface area contributed by atoms with Gasteiger partial charge in [0.25, 0.3) is 5.91 Å². The number of carbonyl (C=O) groups is 1. The lowest BCUT2D eigenvalue weighted by Gasteiger charge is -2.12. The largest absolute Gasteiger partial charge is 0.482 e. The molecule has 0 spiro atoms. The van der Waals surface area contributed by atoms with E-state index in [1.807, 2.05) is 37.3 Å². The van der Waals surface area contributed by atoms with Crippen LogP contribution in [0.2, 0.25) is 5.02 Å². The number of furan rings is 1. The van der Waals surface area contributed by atoms with Gasteiger partial charge in [0, 0.05) is 5.39 Å². The third-order valence-electron chi connectivity index (χ3n) is 3.44. The number of rotatable bonds is 5. The summed E-state index contributed by atoms with van der Waals surface area (Å²) >= 11 is 5.98. The zero-order valence-corrected chi connectivity index (χ0v) is 13.3. The van der Waals surface area contributed by atoms with E-state index >= 15 is 0 Å². The minimum absolute atomic E-state index is 0.103. The van der Waals surface area contributed by atoms with E-state index in [0.29, 0.717) is 16.5 Å². The second-order valence-corrected chi connectivity index (χ2v) is 5.60. The quantitative estimate of drug-likeness (QED) is 0.757. The average molecular weight is 330 g/mol. The van der Waals surface area contributed by atoms with E-state index in [0.717, 1.165) is 11.0 Å². The van der Waals surface area contributed by atoms with Gasteiger partial charge in [-0.2, -0.15) is 0 Å². The summed E-state index contributed by atoms with van der Waals surface area (Å²) in [6, 6.07) is 16.4. The maximum atomic E-state index is 12.0. The molecule has 118 valence electrons. The molecular formula is C18H16ClNO3. The molecule has 0 fully saturated rings. The molecule has 0 aliphatic heterocycles. The van der Waals surface area contributed by atoms with Crippen molar-refractivity contribution < 1.29 is 13.9 Å². The smallest absolute Gasteiger partial charge is 0.258 e. The molecule has 3 rings (SSSR count). The molecule has 4 nitrogen and oxygen atoms in total. The van der Waals surface area contributed by atoms with Gasteiger partial charge in [0.1, 0.15) is 17.1 Å². The van der Waals surface area contributed by atoms with E-state index in [2.05, 4.69) is 5.32 Å². The second kappa shape index (κ2) is 6.75. The van der Waals surface area contributed by atoms with Crippen molar-refractivity contribution in [3.8, 4) is 5.75 Å². The number of fused-ring (bicyclic) bond motifs is 1. The molecule has 1 N–H and O–H groups in total. The highest BCUT2D eigenvalue weighted by Crippen LogP contribution is 2.24. The number of para-hydroxylation sites is 2. The van der Waals surface area contributed by atoms with Gasteiger partial charge in [-0.1, -0.05) is 41.9 Å². The monoisotopic (exact) mass is 329 g/mol. The van der Waals surface area contributed by atoms with Crippen molar-refractivity contribution in [1.82, 2.24) is 5.32 Å². The number of carbonyl (C=O) groups excluding carboxylic acids is 1. The zero-order chi connectivity index (χ0) is 16.2. The fourth-order valence-corrected chi connectivity index (χ4v) is 2.47. The van der Waals surface area contributed by atoms with Crippen molar-refractivity contribution in [3.63, 3.8) is 0 Å². The third-order valence-corrected chi connectivity index (χ3v) is 3.76. The van der Waals surface area contributed by atoms with Crippen molar-refractivity contribution >= 4 is 28.5 Å². The normalized spacial score (nSPS) is 12.1. The van der Waals surface area contributed by atoms with Crippen LogP contribution < -0.4 is 10.1 Å². The highest BCUT2D eigenvalue weighted by molar-refractivity contribution is 6.32. The molecule has 1 amide bonds. The van der Waals surface area contributed by atoms with Crippen LogP contribution in [0.25, 0.3) is 11.0 Å². The molecule has 0 aliphatic carbocycles. The molecule has 1 heterocycles. The predicted molar refractivity (Wildman–Crippen MR) is 89.7 cm³/mol. The first-order chi connectivity index (χ1) is 11.1. The van der Waals surface area contributed by atoms with Gasteiger partial charge in [-0.3, -0.25) is 4.79 Å². The second-order valence-electron chi connectivity index (χ2n) is 5.19. The Hall–Kier alpha value is -2.46. The van der Waals surface area contributed by atoms with E-state index in [1.54, 1.807) is 24.3 Å². The molecule has 3 aromatic rings. The van der Waals surface area contributed by atoms with E-state index in [9.17, 15) is 4.79 Å². The van der Waals surface area contributed by atoms with E-state index in [1.165, 1.54) is 0 Å². The first-order valence-corrected chi connectivity index (χ1v) is 7.66. The Kier molecular flexibility index (Phi) is 4.53. The molecule has 23 heavy (non-hydrogen) atoms. The average Bonchev–Trinajstić information content (AvgIpc) is 2.98. The number of halogens is 1. The van der Waals surface area contributed by atoms with Crippen LogP contribution in [0.3, 0.4) is 0 Å². The predicted octanol–water partition coefficient (Wildman–Crippen LogP) is 4.34. The number of benzene rings is 2. The van der Waals surface area contributed by atoms with Crippen molar-refractivity contribution in [2.45, 2.75) is 13.0 Å².